The van der Waals surface area contributed by atoms with Crippen LogP contribution in [-0.4, -0.2) is 36.2 Å². The molecule has 6 nitrogen and oxygen atoms in total. The monoisotopic (exact) mass is 393 g/mol. The third kappa shape index (κ3) is 4.06. The van der Waals surface area contributed by atoms with Gasteiger partial charge >= 0.3 is 0 Å². The summed E-state index contributed by atoms with van der Waals surface area (Å²) >= 11 is 5.87. The van der Waals surface area contributed by atoms with Crippen molar-refractivity contribution in [2.45, 2.75) is 37.1 Å². The van der Waals surface area contributed by atoms with E-state index in [1.54, 1.807) is 10.4 Å². The van der Waals surface area contributed by atoms with Gasteiger partial charge in [-0.25, -0.2) is 13.4 Å². The topological polar surface area (TPSA) is 79.4 Å². The fourth-order valence-corrected chi connectivity index (χ4v) is 4.86. The number of benzene rings is 1. The Labute approximate surface area is 158 Å². The van der Waals surface area contributed by atoms with E-state index >= 15 is 0 Å². The standard InChI is InChI=1S/C18H20ClN3O3S/c1-13-4-2-3-11-22(13)26(24,25)16-7-5-14(6-8-16)18(23)21-17-12-15(19)9-10-20-17/h5-10,12-13H,2-4,11H2,1H3,(H,20,21,23)/t13-/m1/s1. The van der Waals surface area contributed by atoms with Gasteiger partial charge in [0.05, 0.1) is 4.90 Å². The van der Waals surface area contributed by atoms with Crippen LogP contribution in [0.2, 0.25) is 5.02 Å². The lowest BCUT2D eigenvalue weighted by Gasteiger charge is -2.32. The molecule has 0 spiro atoms. The Kier molecular flexibility index (Phi) is 5.60. The van der Waals surface area contributed by atoms with Gasteiger partial charge in [-0.05, 0) is 56.2 Å². The molecule has 26 heavy (non-hydrogen) atoms. The van der Waals surface area contributed by atoms with E-state index in [0.29, 0.717) is 22.9 Å². The van der Waals surface area contributed by atoms with Crippen molar-refractivity contribution in [3.05, 3.63) is 53.2 Å². The summed E-state index contributed by atoms with van der Waals surface area (Å²) in [5, 5.41) is 3.10. The van der Waals surface area contributed by atoms with Crippen molar-refractivity contribution in [2.75, 3.05) is 11.9 Å². The Hall–Kier alpha value is -1.96. The number of rotatable bonds is 4. The van der Waals surface area contributed by atoms with Gasteiger partial charge < -0.3 is 5.32 Å². The fourth-order valence-electron chi connectivity index (χ4n) is 3.00. The zero-order chi connectivity index (χ0) is 18.7. The molecule has 1 amide bonds. The summed E-state index contributed by atoms with van der Waals surface area (Å²) < 4.78 is 27.2. The number of carbonyl (C=O) groups excluding carboxylic acids is 1. The molecule has 0 unspecified atom stereocenters. The molecule has 1 aromatic carbocycles. The number of carbonyl (C=O) groups is 1. The minimum atomic E-state index is -3.55. The molecule has 138 valence electrons. The second-order valence-electron chi connectivity index (χ2n) is 6.30. The predicted octanol–water partition coefficient (Wildman–Crippen LogP) is 3.55. The van der Waals surface area contributed by atoms with E-state index in [4.69, 9.17) is 11.6 Å². The lowest BCUT2D eigenvalue weighted by Crippen LogP contribution is -2.41. The summed E-state index contributed by atoms with van der Waals surface area (Å²) in [5.41, 5.74) is 0.345. The lowest BCUT2D eigenvalue weighted by molar-refractivity contribution is 0.102. The highest BCUT2D eigenvalue weighted by Crippen LogP contribution is 2.25. The lowest BCUT2D eigenvalue weighted by atomic mass is 10.1. The SMILES string of the molecule is C[C@@H]1CCCCN1S(=O)(=O)c1ccc(C(=O)Nc2cc(Cl)ccn2)cc1. The van der Waals surface area contributed by atoms with Crippen molar-refractivity contribution in [1.29, 1.82) is 0 Å². The Morgan fingerprint density at radius 2 is 1.96 bits per heavy atom. The molecular weight excluding hydrogens is 374 g/mol. The van der Waals surface area contributed by atoms with Gasteiger partial charge in [0.1, 0.15) is 5.82 Å². The Bertz CT molecular complexity index is 900. The Morgan fingerprint density at radius 3 is 2.62 bits per heavy atom. The summed E-state index contributed by atoms with van der Waals surface area (Å²) in [6.45, 7) is 2.46. The first-order valence-corrected chi connectivity index (χ1v) is 10.2. The summed E-state index contributed by atoms with van der Waals surface area (Å²) in [7, 11) is -3.55. The van der Waals surface area contributed by atoms with Gasteiger partial charge in [-0.3, -0.25) is 4.79 Å². The quantitative estimate of drug-likeness (QED) is 0.861. The average molecular weight is 394 g/mol. The van der Waals surface area contributed by atoms with Gasteiger partial charge in [0.15, 0.2) is 0 Å². The number of hydrogen-bond donors (Lipinski definition) is 1. The molecule has 1 aliphatic rings. The summed E-state index contributed by atoms with van der Waals surface area (Å²) in [6, 6.07) is 9.08. The molecule has 8 heteroatoms. The Morgan fingerprint density at radius 1 is 1.23 bits per heavy atom. The number of pyridine rings is 1. The molecule has 3 rings (SSSR count). The van der Waals surface area contributed by atoms with Crippen LogP contribution in [0, 0.1) is 0 Å². The highest BCUT2D eigenvalue weighted by Gasteiger charge is 2.30. The largest absolute Gasteiger partial charge is 0.307 e. The molecule has 0 radical (unpaired) electrons. The normalized spacial score (nSPS) is 18.5. The molecule has 0 aliphatic carbocycles. The van der Waals surface area contributed by atoms with E-state index in [0.717, 1.165) is 19.3 Å². The van der Waals surface area contributed by atoms with Crippen LogP contribution < -0.4 is 5.32 Å². The first kappa shape index (κ1) is 18.8. The van der Waals surface area contributed by atoms with Gasteiger partial charge in [-0.15, -0.1) is 0 Å². The smallest absolute Gasteiger partial charge is 0.256 e. The van der Waals surface area contributed by atoms with Crippen molar-refractivity contribution < 1.29 is 13.2 Å². The van der Waals surface area contributed by atoms with Crippen LogP contribution in [0.4, 0.5) is 5.82 Å². The second kappa shape index (κ2) is 7.73. The van der Waals surface area contributed by atoms with Gasteiger partial charge in [0.25, 0.3) is 5.91 Å². The third-order valence-corrected chi connectivity index (χ3v) is 6.69. The van der Waals surface area contributed by atoms with Crippen LogP contribution in [0.15, 0.2) is 47.5 Å². The number of aromatic nitrogens is 1. The second-order valence-corrected chi connectivity index (χ2v) is 8.63. The molecule has 1 atom stereocenters. The fraction of sp³-hybridized carbons (Fsp3) is 0.333. The first-order valence-electron chi connectivity index (χ1n) is 8.43. The molecule has 2 aromatic rings. The maximum atomic E-state index is 12.8. The van der Waals surface area contributed by atoms with E-state index in [1.807, 2.05) is 6.92 Å². The minimum Gasteiger partial charge on any atom is -0.307 e. The molecule has 0 bridgehead atoms. The van der Waals surface area contributed by atoms with E-state index in [2.05, 4.69) is 10.3 Å². The number of hydrogen-bond acceptors (Lipinski definition) is 4. The van der Waals surface area contributed by atoms with E-state index < -0.39 is 10.0 Å². The maximum absolute atomic E-state index is 12.8. The zero-order valence-corrected chi connectivity index (χ0v) is 15.9. The summed E-state index contributed by atoms with van der Waals surface area (Å²) in [5.74, 6) is -0.0450. The van der Waals surface area contributed by atoms with Gasteiger partial charge in [-0.2, -0.15) is 4.31 Å². The predicted molar refractivity (Wildman–Crippen MR) is 101 cm³/mol. The molecular formula is C18H20ClN3O3S. The molecule has 0 saturated carbocycles. The van der Waals surface area contributed by atoms with Crippen molar-refractivity contribution in [3.8, 4) is 0 Å². The third-order valence-electron chi connectivity index (χ3n) is 4.43. The Balaban J connectivity index is 1.76. The van der Waals surface area contributed by atoms with Crippen molar-refractivity contribution >= 4 is 33.3 Å². The number of nitrogens with zero attached hydrogens (tertiary/aromatic N) is 2. The van der Waals surface area contributed by atoms with E-state index in [-0.39, 0.29) is 16.8 Å². The molecule has 1 aliphatic heterocycles. The highest BCUT2D eigenvalue weighted by molar-refractivity contribution is 7.89. The first-order chi connectivity index (χ1) is 12.4. The van der Waals surface area contributed by atoms with Gasteiger partial charge in [-0.1, -0.05) is 18.0 Å². The highest BCUT2D eigenvalue weighted by atomic mass is 35.5. The maximum Gasteiger partial charge on any atom is 0.256 e. The van der Waals surface area contributed by atoms with Gasteiger partial charge in [0, 0.05) is 29.4 Å². The van der Waals surface area contributed by atoms with Crippen molar-refractivity contribution in [1.82, 2.24) is 9.29 Å². The molecule has 2 heterocycles. The van der Waals surface area contributed by atoms with Crippen molar-refractivity contribution in [3.63, 3.8) is 0 Å². The number of sulfonamides is 1. The van der Waals surface area contributed by atoms with E-state index in [9.17, 15) is 13.2 Å². The number of anilines is 1. The van der Waals surface area contributed by atoms with Crippen LogP contribution in [0.5, 0.6) is 0 Å². The molecule has 1 N–H and O–H groups in total. The van der Waals surface area contributed by atoms with Crippen LogP contribution in [0.25, 0.3) is 0 Å². The zero-order valence-electron chi connectivity index (χ0n) is 14.4. The average Bonchev–Trinajstić information content (AvgIpc) is 2.62. The molecule has 1 saturated heterocycles. The number of amides is 1. The number of piperidine rings is 1. The van der Waals surface area contributed by atoms with E-state index in [1.165, 1.54) is 36.5 Å². The number of halogens is 1. The van der Waals surface area contributed by atoms with Crippen LogP contribution in [0.1, 0.15) is 36.5 Å². The summed E-state index contributed by atoms with van der Waals surface area (Å²) in [4.78, 5) is 16.5. The molecule has 1 fully saturated rings. The summed E-state index contributed by atoms with van der Waals surface area (Å²) in [6.07, 6.45) is 4.28. The van der Waals surface area contributed by atoms with Crippen LogP contribution in [-0.2, 0) is 10.0 Å². The van der Waals surface area contributed by atoms with Crippen molar-refractivity contribution in [2.24, 2.45) is 0 Å². The van der Waals surface area contributed by atoms with Gasteiger partial charge in [0.2, 0.25) is 10.0 Å². The number of nitrogens with one attached hydrogen (secondary N) is 1. The van der Waals surface area contributed by atoms with Crippen LogP contribution >= 0.6 is 11.6 Å². The molecule has 1 aromatic heterocycles. The minimum absolute atomic E-state index is 0.00868. The van der Waals surface area contributed by atoms with Crippen LogP contribution in [0.3, 0.4) is 0 Å².